The summed E-state index contributed by atoms with van der Waals surface area (Å²) in [6.45, 7) is 2.36. The van der Waals surface area contributed by atoms with Crippen molar-refractivity contribution in [2.45, 2.75) is 44.4 Å². The number of piperidine rings is 2. The summed E-state index contributed by atoms with van der Waals surface area (Å²) in [6, 6.07) is 6.12. The smallest absolute Gasteiger partial charge is 0.281 e. The normalized spacial score (nSPS) is 25.3. The molecule has 2 aliphatic heterocycles. The van der Waals surface area contributed by atoms with Gasteiger partial charge in [-0.25, -0.2) is 4.39 Å². The van der Waals surface area contributed by atoms with Gasteiger partial charge >= 0.3 is 0 Å². The minimum Gasteiger partial charge on any atom is -0.420 e. The third-order valence-electron chi connectivity index (χ3n) is 6.69. The van der Waals surface area contributed by atoms with E-state index in [0.717, 1.165) is 38.5 Å². The number of aromatic nitrogens is 2. The van der Waals surface area contributed by atoms with Crippen LogP contribution in [0.2, 0.25) is 0 Å². The van der Waals surface area contributed by atoms with E-state index in [2.05, 4.69) is 10.2 Å². The van der Waals surface area contributed by atoms with E-state index in [0.29, 0.717) is 43.5 Å². The summed E-state index contributed by atoms with van der Waals surface area (Å²) in [7, 11) is -3.35. The highest BCUT2D eigenvalue weighted by molar-refractivity contribution is 7.86. The van der Waals surface area contributed by atoms with E-state index in [9.17, 15) is 12.8 Å². The molecule has 156 valence electrons. The van der Waals surface area contributed by atoms with Crippen LogP contribution >= 0.6 is 0 Å². The highest BCUT2D eigenvalue weighted by atomic mass is 32.2. The van der Waals surface area contributed by atoms with Gasteiger partial charge < -0.3 is 4.42 Å². The number of rotatable bonds is 4. The summed E-state index contributed by atoms with van der Waals surface area (Å²) in [5.74, 6) is 0.729. The van der Waals surface area contributed by atoms with E-state index in [1.807, 2.05) is 0 Å². The van der Waals surface area contributed by atoms with Gasteiger partial charge in [0.2, 0.25) is 11.8 Å². The lowest BCUT2D eigenvalue weighted by Gasteiger charge is -2.36. The van der Waals surface area contributed by atoms with Crippen molar-refractivity contribution in [1.82, 2.24) is 18.8 Å². The minimum absolute atomic E-state index is 0.0552. The van der Waals surface area contributed by atoms with Crippen LogP contribution in [0.4, 0.5) is 4.39 Å². The molecule has 1 saturated carbocycles. The second-order valence-corrected chi connectivity index (χ2v) is 10.4. The maximum Gasteiger partial charge on any atom is 0.281 e. The molecule has 1 aromatic heterocycles. The van der Waals surface area contributed by atoms with Gasteiger partial charge in [0.05, 0.1) is 0 Å². The van der Waals surface area contributed by atoms with Crippen LogP contribution < -0.4 is 0 Å². The molecule has 1 aromatic carbocycles. The first-order chi connectivity index (χ1) is 14.0. The van der Waals surface area contributed by atoms with Crippen molar-refractivity contribution in [3.63, 3.8) is 0 Å². The zero-order chi connectivity index (χ0) is 20.1. The van der Waals surface area contributed by atoms with E-state index in [4.69, 9.17) is 4.42 Å². The Bertz CT molecular complexity index is 995. The molecule has 1 aliphatic carbocycles. The average molecular weight is 421 g/mol. The Labute approximate surface area is 170 Å². The molecule has 0 radical (unpaired) electrons. The highest BCUT2D eigenvalue weighted by Gasteiger charge is 2.59. The quantitative estimate of drug-likeness (QED) is 0.759. The van der Waals surface area contributed by atoms with Crippen LogP contribution in [0.5, 0.6) is 0 Å². The van der Waals surface area contributed by atoms with Crippen LogP contribution in [0.25, 0.3) is 11.5 Å². The molecule has 2 saturated heterocycles. The van der Waals surface area contributed by atoms with Gasteiger partial charge in [-0.1, -0.05) is 12.5 Å². The molecule has 0 N–H and O–H groups in total. The zero-order valence-corrected chi connectivity index (χ0v) is 17.1. The number of benzene rings is 1. The van der Waals surface area contributed by atoms with Gasteiger partial charge in [0.15, 0.2) is 0 Å². The van der Waals surface area contributed by atoms with Gasteiger partial charge in [0.25, 0.3) is 10.2 Å². The second-order valence-electron chi connectivity index (χ2n) is 8.44. The topological polar surface area (TPSA) is 79.5 Å². The van der Waals surface area contributed by atoms with E-state index in [1.165, 1.54) is 12.1 Å². The van der Waals surface area contributed by atoms with Crippen molar-refractivity contribution in [2.24, 2.45) is 5.41 Å². The lowest BCUT2D eigenvalue weighted by Crippen LogP contribution is -2.49. The molecular weight excluding hydrogens is 395 g/mol. The Kier molecular flexibility index (Phi) is 4.71. The van der Waals surface area contributed by atoms with Gasteiger partial charge in [-0.05, 0) is 55.7 Å². The second kappa shape index (κ2) is 7.14. The summed E-state index contributed by atoms with van der Waals surface area (Å²) in [4.78, 5) is 0. The summed E-state index contributed by atoms with van der Waals surface area (Å²) in [5, 5.41) is 8.28. The first-order valence-electron chi connectivity index (χ1n) is 10.3. The third-order valence-corrected chi connectivity index (χ3v) is 8.72. The van der Waals surface area contributed by atoms with E-state index < -0.39 is 10.2 Å². The molecule has 1 spiro atoms. The van der Waals surface area contributed by atoms with Gasteiger partial charge in [0.1, 0.15) is 5.82 Å². The third kappa shape index (κ3) is 3.49. The fourth-order valence-corrected chi connectivity index (χ4v) is 6.47. The molecule has 3 heterocycles. The molecule has 3 aliphatic rings. The predicted molar refractivity (Wildman–Crippen MR) is 105 cm³/mol. The fourth-order valence-electron chi connectivity index (χ4n) is 4.78. The Morgan fingerprint density at radius 2 is 1.76 bits per heavy atom. The Morgan fingerprint density at radius 3 is 2.48 bits per heavy atom. The van der Waals surface area contributed by atoms with Crippen molar-refractivity contribution in [3.05, 3.63) is 36.0 Å². The Morgan fingerprint density at radius 1 is 1.03 bits per heavy atom. The summed E-state index contributed by atoms with van der Waals surface area (Å²) < 4.78 is 48.3. The summed E-state index contributed by atoms with van der Waals surface area (Å²) in [6.07, 6.45) is 5.56. The first-order valence-corrected chi connectivity index (χ1v) is 11.7. The molecule has 0 unspecified atom stereocenters. The zero-order valence-electron chi connectivity index (χ0n) is 16.3. The molecule has 2 aromatic rings. The average Bonchev–Trinajstić information content (AvgIpc) is 3.20. The van der Waals surface area contributed by atoms with Gasteiger partial charge in [-0.3, -0.25) is 0 Å². The number of hydrogen-bond donors (Lipinski definition) is 0. The molecule has 3 fully saturated rings. The molecule has 0 bridgehead atoms. The Balaban J connectivity index is 1.24. The lowest BCUT2D eigenvalue weighted by atomic mass is 9.92. The van der Waals surface area contributed by atoms with Crippen molar-refractivity contribution in [1.29, 1.82) is 0 Å². The molecule has 9 heteroatoms. The molecule has 1 atom stereocenters. The molecule has 0 amide bonds. The first kappa shape index (κ1) is 19.1. The standard InChI is InChI=1S/C20H25FN4O3S/c21-16-6-4-5-15(13-16)18-22-23-19(28-18)17-14-20(17)7-11-25(12-8-20)29(26,27)24-9-2-1-3-10-24/h4-6,13,17H,1-3,7-12,14H2/t17-/m1/s1. The highest BCUT2D eigenvalue weighted by Crippen LogP contribution is 2.64. The van der Waals surface area contributed by atoms with Crippen LogP contribution in [0, 0.1) is 11.2 Å². The van der Waals surface area contributed by atoms with Crippen LogP contribution in [0.3, 0.4) is 0 Å². The van der Waals surface area contributed by atoms with E-state index in [-0.39, 0.29) is 17.2 Å². The van der Waals surface area contributed by atoms with Gasteiger partial charge in [-0.15, -0.1) is 10.2 Å². The fraction of sp³-hybridized carbons (Fsp3) is 0.600. The largest absolute Gasteiger partial charge is 0.420 e. The van der Waals surface area contributed by atoms with E-state index in [1.54, 1.807) is 20.7 Å². The summed E-state index contributed by atoms with van der Waals surface area (Å²) >= 11 is 0. The van der Waals surface area contributed by atoms with Crippen LogP contribution in [-0.4, -0.2) is 53.4 Å². The van der Waals surface area contributed by atoms with Gasteiger partial charge in [0, 0.05) is 37.7 Å². The lowest BCUT2D eigenvalue weighted by molar-refractivity contribution is 0.225. The van der Waals surface area contributed by atoms with Crippen molar-refractivity contribution >= 4 is 10.2 Å². The van der Waals surface area contributed by atoms with Crippen LogP contribution in [-0.2, 0) is 10.2 Å². The van der Waals surface area contributed by atoms with Crippen molar-refractivity contribution in [3.8, 4) is 11.5 Å². The molecule has 29 heavy (non-hydrogen) atoms. The summed E-state index contributed by atoms with van der Waals surface area (Å²) in [5.41, 5.74) is 0.625. The predicted octanol–water partition coefficient (Wildman–Crippen LogP) is 3.18. The molecule has 7 nitrogen and oxygen atoms in total. The Hall–Kier alpha value is -1.84. The number of nitrogens with zero attached hydrogens (tertiary/aromatic N) is 4. The van der Waals surface area contributed by atoms with Crippen molar-refractivity contribution in [2.75, 3.05) is 26.2 Å². The van der Waals surface area contributed by atoms with Crippen molar-refractivity contribution < 1.29 is 17.2 Å². The maximum absolute atomic E-state index is 13.4. The van der Waals surface area contributed by atoms with Crippen LogP contribution in [0.15, 0.2) is 28.7 Å². The SMILES string of the molecule is O=S(=O)(N1CCCCC1)N1CCC2(CC1)C[C@@H]2c1nnc(-c2cccc(F)c2)o1. The monoisotopic (exact) mass is 420 g/mol. The number of halogens is 1. The molecular formula is C20H25FN4O3S. The minimum atomic E-state index is -3.35. The maximum atomic E-state index is 13.4. The van der Waals surface area contributed by atoms with E-state index >= 15 is 0 Å². The van der Waals surface area contributed by atoms with Gasteiger partial charge in [-0.2, -0.15) is 17.0 Å². The number of hydrogen-bond acceptors (Lipinski definition) is 5. The molecule has 5 rings (SSSR count). The van der Waals surface area contributed by atoms with Crippen LogP contribution in [0.1, 0.15) is 50.3 Å².